The van der Waals surface area contributed by atoms with Crippen molar-refractivity contribution in [3.63, 3.8) is 0 Å². The summed E-state index contributed by atoms with van der Waals surface area (Å²) in [6, 6.07) is 3.92. The van der Waals surface area contributed by atoms with E-state index in [9.17, 15) is 0 Å². The van der Waals surface area contributed by atoms with Crippen LogP contribution in [0.3, 0.4) is 0 Å². The summed E-state index contributed by atoms with van der Waals surface area (Å²) in [7, 11) is 0. The molecule has 1 aliphatic heterocycles. The Bertz CT molecular complexity index is 1090. The zero-order valence-corrected chi connectivity index (χ0v) is 10.5. The minimum absolute atomic E-state index is 0.650. The summed E-state index contributed by atoms with van der Waals surface area (Å²) < 4.78 is 29.4. The van der Waals surface area contributed by atoms with Crippen molar-refractivity contribution in [3.05, 3.63) is 48.7 Å². The number of aromatic nitrogens is 5. The first kappa shape index (κ1) is 7.79. The van der Waals surface area contributed by atoms with Gasteiger partial charge in [-0.3, -0.25) is 9.97 Å². The summed E-state index contributed by atoms with van der Waals surface area (Å²) in [4.78, 5) is 8.29. The van der Waals surface area contributed by atoms with E-state index in [-0.39, 0.29) is 0 Å². The highest BCUT2D eigenvalue weighted by atomic mass is 15.2. The van der Waals surface area contributed by atoms with E-state index in [1.165, 1.54) is 4.57 Å². The Hall–Kier alpha value is -2.69. The molecule has 96 valence electrons. The van der Waals surface area contributed by atoms with Crippen molar-refractivity contribution in [3.8, 4) is 11.4 Å². The number of hydrogen-bond donors (Lipinski definition) is 0. The quantitative estimate of drug-likeness (QED) is 0.398. The summed E-state index contributed by atoms with van der Waals surface area (Å²) in [6.07, 6.45) is 8.67. The summed E-state index contributed by atoms with van der Waals surface area (Å²) in [5, 5.41) is 0. The van der Waals surface area contributed by atoms with Gasteiger partial charge in [-0.15, -0.1) is 0 Å². The second-order valence-electron chi connectivity index (χ2n) is 5.00. The third-order valence-electron chi connectivity index (χ3n) is 3.98. The first-order valence-corrected chi connectivity index (χ1v) is 6.39. The van der Waals surface area contributed by atoms with E-state index in [1.807, 2.05) is 21.1 Å². The molecule has 1 aliphatic rings. The van der Waals surface area contributed by atoms with E-state index in [1.54, 1.807) is 31.0 Å². The lowest BCUT2D eigenvalue weighted by atomic mass is 10.2. The lowest BCUT2D eigenvalue weighted by Gasteiger charge is -1.96. The smallest absolute Gasteiger partial charge is 0.264 e. The van der Waals surface area contributed by atoms with Crippen molar-refractivity contribution in [2.75, 3.05) is 0 Å². The average molecular weight is 265 g/mol. The molecule has 0 aromatic carbocycles. The Labute approximate surface area is 119 Å². The molecule has 0 fully saturated rings. The number of nitrogens with zero attached hydrogens (tertiary/aromatic N) is 5. The molecule has 5 heterocycles. The molecule has 5 nitrogen and oxygen atoms in total. The number of hydrogen-bond acceptors (Lipinski definition) is 2. The molecule has 20 heavy (non-hydrogen) atoms. The van der Waals surface area contributed by atoms with Gasteiger partial charge in [-0.2, -0.15) is 0 Å². The van der Waals surface area contributed by atoms with Crippen molar-refractivity contribution in [1.29, 1.82) is 0 Å². The Morgan fingerprint density at radius 1 is 1.30 bits per heavy atom. The van der Waals surface area contributed by atoms with Crippen LogP contribution in [0.5, 0.6) is 0 Å². The van der Waals surface area contributed by atoms with Gasteiger partial charge in [-0.05, 0) is 6.07 Å². The lowest BCUT2D eigenvalue weighted by Crippen LogP contribution is -2.30. The molecule has 0 saturated heterocycles. The average Bonchev–Trinajstić information content (AvgIpc) is 3.13. The molecule has 5 rings (SSSR count). The molecule has 4 aromatic rings. The molecule has 0 N–H and O–H groups in total. The zero-order chi connectivity index (χ0) is 15.8. The fourth-order valence-corrected chi connectivity index (χ4v) is 3.12. The molecule has 4 aromatic heterocycles. The topological polar surface area (TPSA) is 39.0 Å². The largest absolute Gasteiger partial charge is 0.273 e. The predicted octanol–water partition coefficient (Wildman–Crippen LogP) is 1.54. The van der Waals surface area contributed by atoms with Gasteiger partial charge >= 0.3 is 0 Å². The lowest BCUT2D eigenvalue weighted by molar-refractivity contribution is -0.636. The van der Waals surface area contributed by atoms with Crippen molar-refractivity contribution >= 4 is 16.7 Å². The number of rotatable bonds is 0. The maximum Gasteiger partial charge on any atom is 0.273 e. The first-order chi connectivity index (χ1) is 11.1. The number of aryl methyl sites for hydroxylation is 1. The van der Waals surface area contributed by atoms with Crippen LogP contribution in [0.4, 0.5) is 0 Å². The maximum atomic E-state index is 8.03. The molecular formula is C15H12N5+. The van der Waals surface area contributed by atoms with Gasteiger partial charge in [-0.1, -0.05) is 0 Å². The predicted molar refractivity (Wildman–Crippen MR) is 74.2 cm³/mol. The minimum Gasteiger partial charge on any atom is -0.264 e. The van der Waals surface area contributed by atoms with Crippen molar-refractivity contribution in [2.24, 2.45) is 6.98 Å². The van der Waals surface area contributed by atoms with E-state index in [4.69, 9.17) is 4.11 Å². The fourth-order valence-electron chi connectivity index (χ4n) is 3.12. The second kappa shape index (κ2) is 3.25. The van der Waals surface area contributed by atoms with E-state index in [2.05, 4.69) is 9.97 Å². The molecule has 0 aliphatic carbocycles. The summed E-state index contributed by atoms with van der Waals surface area (Å²) >= 11 is 0. The summed E-state index contributed by atoms with van der Waals surface area (Å²) in [5.74, 6) is 0.685. The van der Waals surface area contributed by atoms with Crippen LogP contribution in [0, 0.1) is 0 Å². The van der Waals surface area contributed by atoms with Gasteiger partial charge in [0.1, 0.15) is 5.52 Å². The van der Waals surface area contributed by atoms with Gasteiger partial charge in [0, 0.05) is 24.0 Å². The summed E-state index contributed by atoms with van der Waals surface area (Å²) in [5.41, 5.74) is 4.39. The molecule has 0 bridgehead atoms. The van der Waals surface area contributed by atoms with Crippen molar-refractivity contribution in [2.45, 2.75) is 6.54 Å². The Balaban J connectivity index is 2.01. The van der Waals surface area contributed by atoms with Crippen LogP contribution in [-0.2, 0) is 13.5 Å². The molecular weight excluding hydrogens is 250 g/mol. The normalized spacial score (nSPS) is 15.9. The summed E-state index contributed by atoms with van der Waals surface area (Å²) in [6.45, 7) is -1.63. The van der Waals surface area contributed by atoms with Crippen LogP contribution in [0.1, 0.15) is 9.68 Å². The van der Waals surface area contributed by atoms with Crippen molar-refractivity contribution in [1.82, 2.24) is 18.9 Å². The minimum atomic E-state index is -2.28. The van der Waals surface area contributed by atoms with Crippen LogP contribution in [0.25, 0.3) is 28.1 Å². The Kier molecular flexibility index (Phi) is 1.27. The Morgan fingerprint density at radius 3 is 3.20 bits per heavy atom. The molecule has 0 atom stereocenters. The highest BCUT2D eigenvalue weighted by molar-refractivity contribution is 5.83. The van der Waals surface area contributed by atoms with E-state index in [0.29, 0.717) is 18.0 Å². The third kappa shape index (κ3) is 1.02. The van der Waals surface area contributed by atoms with Crippen LogP contribution in [0.15, 0.2) is 43.1 Å². The molecule has 0 amide bonds. The highest BCUT2D eigenvalue weighted by Crippen LogP contribution is 2.33. The fraction of sp³-hybridized carbons (Fsp3) is 0.133. The molecule has 0 spiro atoms. The first-order valence-electron chi connectivity index (χ1n) is 7.89. The SMILES string of the molecule is [2H]C([2H])([2H])[n+]1c2n(c3cc4cnccn4c31)Cc1ccncc1-2. The van der Waals surface area contributed by atoms with Crippen LogP contribution < -0.4 is 4.57 Å². The van der Waals surface area contributed by atoms with E-state index >= 15 is 0 Å². The number of fused-ring (bicyclic) bond motifs is 7. The highest BCUT2D eigenvalue weighted by Gasteiger charge is 2.32. The van der Waals surface area contributed by atoms with Gasteiger partial charge in [0.15, 0.2) is 5.52 Å². The van der Waals surface area contributed by atoms with Gasteiger partial charge in [-0.25, -0.2) is 13.5 Å². The number of imidazole rings is 1. The second-order valence-corrected chi connectivity index (χ2v) is 5.00. The standard InChI is InChI=1S/C15H12N5/c1-18-14-12-8-16-3-2-10(12)9-20(14)13-6-11-7-17-4-5-19(11)15(13)18/h2-8H,9H2,1H3/q+1/i1D3. The van der Waals surface area contributed by atoms with E-state index in [0.717, 1.165) is 22.2 Å². The zero-order valence-electron chi connectivity index (χ0n) is 13.5. The van der Waals surface area contributed by atoms with Crippen LogP contribution >= 0.6 is 0 Å². The monoisotopic (exact) mass is 265 g/mol. The molecule has 0 radical (unpaired) electrons. The van der Waals surface area contributed by atoms with Gasteiger partial charge < -0.3 is 0 Å². The van der Waals surface area contributed by atoms with E-state index < -0.39 is 6.98 Å². The van der Waals surface area contributed by atoms with Crippen LogP contribution in [0.2, 0.25) is 0 Å². The Morgan fingerprint density at radius 2 is 2.25 bits per heavy atom. The van der Waals surface area contributed by atoms with Gasteiger partial charge in [0.05, 0.1) is 41.8 Å². The van der Waals surface area contributed by atoms with Crippen LogP contribution in [-0.4, -0.2) is 18.9 Å². The maximum absolute atomic E-state index is 8.03. The van der Waals surface area contributed by atoms with Gasteiger partial charge in [0.25, 0.3) is 5.65 Å². The molecule has 0 saturated carbocycles. The third-order valence-corrected chi connectivity index (χ3v) is 3.98. The number of pyridine rings is 1. The van der Waals surface area contributed by atoms with Crippen molar-refractivity contribution < 1.29 is 8.68 Å². The molecule has 0 unspecified atom stereocenters. The molecule has 5 heteroatoms. The van der Waals surface area contributed by atoms with Gasteiger partial charge in [0.2, 0.25) is 5.82 Å².